The molecule has 1 aliphatic rings. The molecule has 24 heavy (non-hydrogen) atoms. The molecule has 2 heterocycles. The summed E-state index contributed by atoms with van der Waals surface area (Å²) in [6.45, 7) is 1.83. The Labute approximate surface area is 165 Å². The van der Waals surface area contributed by atoms with Crippen molar-refractivity contribution in [3.63, 3.8) is 0 Å². The zero-order chi connectivity index (χ0) is 16.8. The smallest absolute Gasteiger partial charge is 0.278 e. The third kappa shape index (κ3) is 3.09. The van der Waals surface area contributed by atoms with E-state index >= 15 is 0 Å². The standard InChI is InChI=1S/C14H13N3O4S2.Na/c1-8-7-15-14(22-8)16-13(19)11-12(18)9-5-3-4-6-10(9)23(20,21)17(11)2;/h3-7,18H,1-2H3,(H,15,16,19);. The molecule has 0 aliphatic carbocycles. The minimum Gasteiger partial charge on any atom is -0.505 e. The van der Waals surface area contributed by atoms with Crippen molar-refractivity contribution >= 4 is 67.7 Å². The van der Waals surface area contributed by atoms with Gasteiger partial charge in [0.15, 0.2) is 16.6 Å². The molecule has 0 atom stereocenters. The van der Waals surface area contributed by atoms with E-state index in [1.54, 1.807) is 18.3 Å². The average Bonchev–Trinajstić information content (AvgIpc) is 2.91. The van der Waals surface area contributed by atoms with Gasteiger partial charge < -0.3 is 5.11 Å². The number of aliphatic hydroxyl groups excluding tert-OH is 1. The Morgan fingerprint density at radius 3 is 2.62 bits per heavy atom. The van der Waals surface area contributed by atoms with E-state index in [-0.39, 0.29) is 51.5 Å². The molecule has 1 aromatic heterocycles. The molecule has 0 fully saturated rings. The molecule has 1 aliphatic heterocycles. The van der Waals surface area contributed by atoms with Gasteiger partial charge >= 0.3 is 0 Å². The first-order valence-corrected chi connectivity index (χ1v) is 8.83. The van der Waals surface area contributed by atoms with Crippen LogP contribution in [-0.4, -0.2) is 65.3 Å². The Morgan fingerprint density at radius 1 is 1.33 bits per heavy atom. The number of anilines is 1. The quantitative estimate of drug-likeness (QED) is 0.778. The normalized spacial score (nSPS) is 15.5. The SMILES string of the molecule is Cc1cnc(NC(=O)C2=C(O)c3ccccc3S(=O)(=O)N2C)s1.[Na]. The molecule has 7 nitrogen and oxygen atoms in total. The van der Waals surface area contributed by atoms with E-state index in [2.05, 4.69) is 10.3 Å². The first-order valence-electron chi connectivity index (χ1n) is 6.57. The zero-order valence-corrected chi connectivity index (χ0v) is 16.9. The predicted octanol–water partition coefficient (Wildman–Crippen LogP) is 1.57. The van der Waals surface area contributed by atoms with Crippen LogP contribution in [0.5, 0.6) is 0 Å². The maximum absolute atomic E-state index is 12.5. The fourth-order valence-electron chi connectivity index (χ4n) is 2.25. The summed E-state index contributed by atoms with van der Waals surface area (Å²) in [6.07, 6.45) is 1.59. The van der Waals surface area contributed by atoms with Crippen LogP contribution in [0.4, 0.5) is 5.13 Å². The zero-order valence-electron chi connectivity index (χ0n) is 13.3. The molecular weight excluding hydrogens is 361 g/mol. The van der Waals surface area contributed by atoms with Gasteiger partial charge in [0.25, 0.3) is 15.9 Å². The van der Waals surface area contributed by atoms with Crippen LogP contribution >= 0.6 is 11.3 Å². The molecular formula is C14H13N3NaO4S2. The van der Waals surface area contributed by atoms with E-state index in [0.29, 0.717) is 5.13 Å². The Balaban J connectivity index is 0.00000208. The van der Waals surface area contributed by atoms with Crippen LogP contribution in [0.15, 0.2) is 41.1 Å². The van der Waals surface area contributed by atoms with Crippen LogP contribution in [0, 0.1) is 6.92 Å². The van der Waals surface area contributed by atoms with Crippen molar-refractivity contribution in [3.05, 3.63) is 46.6 Å². The van der Waals surface area contributed by atoms with Gasteiger partial charge in [-0.05, 0) is 19.1 Å². The number of hydrogen-bond donors (Lipinski definition) is 2. The Morgan fingerprint density at radius 2 is 2.00 bits per heavy atom. The molecule has 1 radical (unpaired) electrons. The van der Waals surface area contributed by atoms with E-state index in [9.17, 15) is 18.3 Å². The van der Waals surface area contributed by atoms with Crippen molar-refractivity contribution in [2.75, 3.05) is 12.4 Å². The summed E-state index contributed by atoms with van der Waals surface area (Å²) in [7, 11) is -2.67. The van der Waals surface area contributed by atoms with Crippen molar-refractivity contribution in [1.82, 2.24) is 9.29 Å². The summed E-state index contributed by atoms with van der Waals surface area (Å²) in [5.41, 5.74) is -0.234. The number of aromatic nitrogens is 1. The number of nitrogens with zero attached hydrogens (tertiary/aromatic N) is 2. The molecule has 2 aromatic rings. The fraction of sp³-hybridized carbons (Fsp3) is 0.143. The van der Waals surface area contributed by atoms with E-state index < -0.39 is 15.9 Å². The maximum atomic E-state index is 12.5. The molecule has 0 unspecified atom stereocenters. The van der Waals surface area contributed by atoms with Crippen LogP contribution in [0.2, 0.25) is 0 Å². The number of rotatable bonds is 2. The number of nitrogens with one attached hydrogen (secondary N) is 1. The Hall–Kier alpha value is -1.39. The van der Waals surface area contributed by atoms with Gasteiger partial charge in [-0.1, -0.05) is 12.1 Å². The van der Waals surface area contributed by atoms with Crippen molar-refractivity contribution in [1.29, 1.82) is 0 Å². The Kier molecular flexibility index (Phi) is 5.41. The summed E-state index contributed by atoms with van der Waals surface area (Å²) in [5.74, 6) is -1.12. The number of sulfonamides is 1. The topological polar surface area (TPSA) is 99.6 Å². The van der Waals surface area contributed by atoms with Crippen molar-refractivity contribution in [2.24, 2.45) is 0 Å². The molecule has 1 aromatic carbocycles. The number of benzene rings is 1. The number of carbonyl (C=O) groups excluding carboxylic acids is 1. The van der Waals surface area contributed by atoms with E-state index in [1.165, 1.54) is 30.5 Å². The van der Waals surface area contributed by atoms with Gasteiger partial charge in [0.1, 0.15) is 0 Å². The van der Waals surface area contributed by atoms with Crippen molar-refractivity contribution in [3.8, 4) is 0 Å². The minimum atomic E-state index is -3.90. The molecule has 0 spiro atoms. The molecule has 10 heteroatoms. The monoisotopic (exact) mass is 374 g/mol. The maximum Gasteiger partial charge on any atom is 0.278 e. The van der Waals surface area contributed by atoms with E-state index in [1.807, 2.05) is 6.92 Å². The molecule has 0 bridgehead atoms. The van der Waals surface area contributed by atoms with Gasteiger partial charge in [0, 0.05) is 53.2 Å². The number of fused-ring (bicyclic) bond motifs is 1. The van der Waals surface area contributed by atoms with Gasteiger partial charge in [0.2, 0.25) is 0 Å². The van der Waals surface area contributed by atoms with Crippen LogP contribution in [0.1, 0.15) is 10.4 Å². The second-order valence-corrected chi connectivity index (χ2v) is 8.07. The van der Waals surface area contributed by atoms with Gasteiger partial charge in [-0.2, -0.15) is 0 Å². The number of amides is 1. The summed E-state index contributed by atoms with van der Waals surface area (Å²) in [4.78, 5) is 17.3. The van der Waals surface area contributed by atoms with Crippen LogP contribution < -0.4 is 5.32 Å². The summed E-state index contributed by atoms with van der Waals surface area (Å²) >= 11 is 1.25. The molecule has 121 valence electrons. The summed E-state index contributed by atoms with van der Waals surface area (Å²) < 4.78 is 25.8. The number of likely N-dealkylation sites (N-methyl/N-ethyl adjacent to an activating group) is 1. The number of aliphatic hydroxyl groups is 1. The van der Waals surface area contributed by atoms with Gasteiger partial charge in [-0.3, -0.25) is 14.4 Å². The molecule has 3 rings (SSSR count). The third-order valence-electron chi connectivity index (χ3n) is 3.38. The van der Waals surface area contributed by atoms with E-state index in [4.69, 9.17) is 0 Å². The molecule has 0 saturated carbocycles. The van der Waals surface area contributed by atoms with Gasteiger partial charge in [-0.25, -0.2) is 13.4 Å². The minimum absolute atomic E-state index is 0. The van der Waals surface area contributed by atoms with Gasteiger partial charge in [-0.15, -0.1) is 11.3 Å². The van der Waals surface area contributed by atoms with Crippen LogP contribution in [-0.2, 0) is 14.8 Å². The number of aryl methyl sites for hydroxylation is 1. The number of carbonyl (C=O) groups is 1. The fourth-order valence-corrected chi connectivity index (χ4v) is 4.31. The third-order valence-corrected chi connectivity index (χ3v) is 6.02. The predicted molar refractivity (Wildman–Crippen MR) is 92.2 cm³/mol. The van der Waals surface area contributed by atoms with Gasteiger partial charge in [0.05, 0.1) is 4.90 Å². The molecule has 1 amide bonds. The summed E-state index contributed by atoms with van der Waals surface area (Å²) in [5, 5.41) is 13.2. The van der Waals surface area contributed by atoms with Crippen molar-refractivity contribution < 1.29 is 18.3 Å². The average molecular weight is 374 g/mol. The first-order chi connectivity index (χ1) is 10.8. The largest absolute Gasteiger partial charge is 0.505 e. The van der Waals surface area contributed by atoms with Crippen LogP contribution in [0.3, 0.4) is 0 Å². The van der Waals surface area contributed by atoms with Crippen molar-refractivity contribution in [2.45, 2.75) is 11.8 Å². The second-order valence-electron chi connectivity index (χ2n) is 4.90. The first kappa shape index (κ1) is 18.9. The Bertz CT molecular complexity index is 937. The number of hydrogen-bond acceptors (Lipinski definition) is 6. The molecule has 0 saturated heterocycles. The second kappa shape index (κ2) is 6.85. The van der Waals surface area contributed by atoms with E-state index in [0.717, 1.165) is 9.18 Å². The number of thiazole rings is 1. The van der Waals surface area contributed by atoms with Crippen LogP contribution in [0.25, 0.3) is 5.76 Å². The summed E-state index contributed by atoms with van der Waals surface area (Å²) in [6, 6.07) is 5.99. The molecule has 2 N–H and O–H groups in total.